The number of aryl methyl sites for hydroxylation is 2. The highest BCUT2D eigenvalue weighted by atomic mass is 16.1. The van der Waals surface area contributed by atoms with Crippen molar-refractivity contribution in [2.75, 3.05) is 11.4 Å². The van der Waals surface area contributed by atoms with Gasteiger partial charge in [0.1, 0.15) is 11.9 Å². The molecule has 0 radical (unpaired) electrons. The Hall–Kier alpha value is -3.53. The van der Waals surface area contributed by atoms with E-state index in [-0.39, 0.29) is 11.6 Å². The Morgan fingerprint density at radius 2 is 2.00 bits per heavy atom. The molecule has 30 heavy (non-hydrogen) atoms. The van der Waals surface area contributed by atoms with Crippen LogP contribution in [0.2, 0.25) is 0 Å². The molecule has 5 rings (SSSR count). The van der Waals surface area contributed by atoms with Crippen LogP contribution in [0.1, 0.15) is 36.1 Å². The number of rotatable bonds is 4. The first-order chi connectivity index (χ1) is 14.7. The monoisotopic (exact) mass is 398 g/mol. The maximum atomic E-state index is 12.5. The van der Waals surface area contributed by atoms with Gasteiger partial charge in [0.15, 0.2) is 0 Å². The molecule has 3 aromatic heterocycles. The van der Waals surface area contributed by atoms with E-state index >= 15 is 0 Å². The molecule has 3 aromatic rings. The highest BCUT2D eigenvalue weighted by Crippen LogP contribution is 2.31. The van der Waals surface area contributed by atoms with Crippen molar-refractivity contribution in [1.82, 2.24) is 19.7 Å². The first-order valence-corrected chi connectivity index (χ1v) is 10.4. The van der Waals surface area contributed by atoms with Crippen molar-refractivity contribution in [3.05, 3.63) is 69.9 Å². The van der Waals surface area contributed by atoms with Crippen molar-refractivity contribution < 1.29 is 0 Å². The first-order valence-electron chi connectivity index (χ1n) is 10.4. The number of hydrogen-bond donors (Lipinski definition) is 0. The fourth-order valence-electron chi connectivity index (χ4n) is 4.52. The number of nitriles is 1. The van der Waals surface area contributed by atoms with Gasteiger partial charge >= 0.3 is 0 Å². The largest absolute Gasteiger partial charge is 0.351 e. The van der Waals surface area contributed by atoms with Gasteiger partial charge in [-0.1, -0.05) is 0 Å². The number of fused-ring (bicyclic) bond motifs is 1. The third-order valence-corrected chi connectivity index (χ3v) is 6.03. The Labute approximate surface area is 174 Å². The Kier molecular flexibility index (Phi) is 4.75. The van der Waals surface area contributed by atoms with Crippen molar-refractivity contribution in [3.8, 4) is 17.3 Å². The van der Waals surface area contributed by atoms with Gasteiger partial charge in [-0.15, -0.1) is 0 Å². The summed E-state index contributed by atoms with van der Waals surface area (Å²) in [6.45, 7) is 1.31. The molecule has 0 amide bonds. The fourth-order valence-corrected chi connectivity index (χ4v) is 4.52. The zero-order valence-electron chi connectivity index (χ0n) is 16.7. The lowest BCUT2D eigenvalue weighted by atomic mass is 10.1. The van der Waals surface area contributed by atoms with Gasteiger partial charge in [-0.25, -0.2) is 9.67 Å². The minimum Gasteiger partial charge on any atom is -0.351 e. The summed E-state index contributed by atoms with van der Waals surface area (Å²) in [5, 5.41) is 14.3. The molecule has 150 valence electrons. The molecule has 7 heteroatoms. The average molecular weight is 398 g/mol. The van der Waals surface area contributed by atoms with Gasteiger partial charge in [0.25, 0.3) is 5.56 Å². The number of nitrogens with zero attached hydrogens (tertiary/aromatic N) is 6. The summed E-state index contributed by atoms with van der Waals surface area (Å²) in [4.78, 5) is 23.6. The molecule has 0 aromatic carbocycles. The summed E-state index contributed by atoms with van der Waals surface area (Å²) in [6.07, 6.45) is 8.46. The van der Waals surface area contributed by atoms with Crippen LogP contribution >= 0.6 is 0 Å². The highest BCUT2D eigenvalue weighted by Gasteiger charge is 2.30. The van der Waals surface area contributed by atoms with E-state index in [1.807, 2.05) is 18.2 Å². The molecule has 1 fully saturated rings. The topological polar surface area (TPSA) is 87.7 Å². The van der Waals surface area contributed by atoms with Crippen molar-refractivity contribution >= 4 is 5.82 Å². The lowest BCUT2D eigenvalue weighted by Gasteiger charge is -2.27. The Morgan fingerprint density at radius 1 is 1.13 bits per heavy atom. The van der Waals surface area contributed by atoms with E-state index in [0.29, 0.717) is 12.1 Å². The predicted molar refractivity (Wildman–Crippen MR) is 113 cm³/mol. The summed E-state index contributed by atoms with van der Waals surface area (Å²) in [5.74, 6) is 0.763. The smallest absolute Gasteiger partial charge is 0.266 e. The summed E-state index contributed by atoms with van der Waals surface area (Å²) in [7, 11) is 0. The minimum absolute atomic E-state index is 0.0851. The van der Waals surface area contributed by atoms with Crippen LogP contribution in [0.25, 0.3) is 11.3 Å². The van der Waals surface area contributed by atoms with Crippen LogP contribution in [0.15, 0.2) is 47.5 Å². The molecule has 1 saturated heterocycles. The van der Waals surface area contributed by atoms with Crippen molar-refractivity contribution in [1.29, 1.82) is 5.26 Å². The van der Waals surface area contributed by atoms with Gasteiger partial charge in [-0.3, -0.25) is 9.78 Å². The molecule has 4 heterocycles. The molecule has 0 spiro atoms. The fraction of sp³-hybridized carbons (Fsp3) is 0.348. The third kappa shape index (κ3) is 3.35. The second-order valence-corrected chi connectivity index (χ2v) is 7.89. The molecule has 7 nitrogen and oxygen atoms in total. The van der Waals surface area contributed by atoms with E-state index in [4.69, 9.17) is 4.98 Å². The van der Waals surface area contributed by atoms with E-state index in [1.54, 1.807) is 24.5 Å². The Balaban J connectivity index is 1.46. The third-order valence-electron chi connectivity index (χ3n) is 6.03. The number of hydrogen-bond acceptors (Lipinski definition) is 6. The average Bonchev–Trinajstić information content (AvgIpc) is 3.43. The van der Waals surface area contributed by atoms with Gasteiger partial charge in [-0.2, -0.15) is 10.4 Å². The van der Waals surface area contributed by atoms with Crippen molar-refractivity contribution in [2.24, 2.45) is 0 Å². The Bertz CT molecular complexity index is 1180. The molecule has 1 atom stereocenters. The van der Waals surface area contributed by atoms with Crippen molar-refractivity contribution in [3.63, 3.8) is 0 Å². The van der Waals surface area contributed by atoms with Crippen LogP contribution in [-0.2, 0) is 19.4 Å². The maximum Gasteiger partial charge on any atom is 0.266 e. The van der Waals surface area contributed by atoms with Crippen molar-refractivity contribution in [2.45, 2.75) is 44.7 Å². The number of aromatic nitrogens is 4. The second kappa shape index (κ2) is 7.71. The normalized spacial score (nSPS) is 17.7. The number of anilines is 1. The molecular formula is C23H22N6O. The molecule has 1 aliphatic carbocycles. The van der Waals surface area contributed by atoms with Crippen LogP contribution in [0.4, 0.5) is 5.82 Å². The number of pyridine rings is 2. The van der Waals surface area contributed by atoms with Crippen LogP contribution < -0.4 is 10.5 Å². The van der Waals surface area contributed by atoms with Crippen LogP contribution in [0.5, 0.6) is 0 Å². The SMILES string of the molecule is N#Cc1cc2c(nc1N1CCCC1Cn1nc(-c3ccncc3)ccc1=O)CCC2. The van der Waals surface area contributed by atoms with E-state index in [9.17, 15) is 10.1 Å². The second-order valence-electron chi connectivity index (χ2n) is 7.89. The summed E-state index contributed by atoms with van der Waals surface area (Å²) >= 11 is 0. The quantitative estimate of drug-likeness (QED) is 0.672. The van der Waals surface area contributed by atoms with E-state index in [2.05, 4.69) is 21.1 Å². The molecular weight excluding hydrogens is 376 g/mol. The lowest BCUT2D eigenvalue weighted by Crippen LogP contribution is -2.38. The lowest BCUT2D eigenvalue weighted by molar-refractivity contribution is 0.488. The van der Waals surface area contributed by atoms with Gasteiger partial charge in [0.2, 0.25) is 0 Å². The van der Waals surface area contributed by atoms with Crippen LogP contribution in [-0.4, -0.2) is 32.3 Å². The summed E-state index contributed by atoms with van der Waals surface area (Å²) < 4.78 is 1.54. The van der Waals surface area contributed by atoms with Crippen LogP contribution in [0, 0.1) is 11.3 Å². The van der Waals surface area contributed by atoms with E-state index in [1.165, 1.54) is 10.2 Å². The summed E-state index contributed by atoms with van der Waals surface area (Å²) in [5.41, 5.74) is 4.50. The zero-order chi connectivity index (χ0) is 20.5. The maximum absolute atomic E-state index is 12.5. The first kappa shape index (κ1) is 18.5. The standard InChI is InChI=1S/C23H22N6O/c24-14-18-13-17-3-1-5-20(17)26-23(18)28-12-2-4-19(28)15-29-22(30)7-6-21(27-29)16-8-10-25-11-9-16/h6-11,13,19H,1-5,12,15H2. The zero-order valence-corrected chi connectivity index (χ0v) is 16.7. The summed E-state index contributed by atoms with van der Waals surface area (Å²) in [6, 6.07) is 11.5. The molecule has 0 bridgehead atoms. The van der Waals surface area contributed by atoms with Gasteiger partial charge in [0.05, 0.1) is 23.8 Å². The van der Waals surface area contributed by atoms with E-state index < -0.39 is 0 Å². The van der Waals surface area contributed by atoms with Gasteiger partial charge in [-0.05, 0) is 61.9 Å². The minimum atomic E-state index is -0.123. The van der Waals surface area contributed by atoms with Crippen LogP contribution in [0.3, 0.4) is 0 Å². The molecule has 1 aliphatic heterocycles. The molecule has 2 aliphatic rings. The predicted octanol–water partition coefficient (Wildman–Crippen LogP) is 2.73. The molecule has 0 saturated carbocycles. The molecule has 0 N–H and O–H groups in total. The molecule has 1 unspecified atom stereocenters. The van der Waals surface area contributed by atoms with Gasteiger partial charge < -0.3 is 4.90 Å². The van der Waals surface area contributed by atoms with E-state index in [0.717, 1.165) is 61.4 Å². The Morgan fingerprint density at radius 3 is 2.83 bits per heavy atom. The highest BCUT2D eigenvalue weighted by molar-refractivity contribution is 5.58. The van der Waals surface area contributed by atoms with Gasteiger partial charge in [0, 0.05) is 36.3 Å².